The first-order valence-electron chi connectivity index (χ1n) is 5.90. The van der Waals surface area contributed by atoms with Crippen LogP contribution in [0.2, 0.25) is 0 Å². The zero-order valence-corrected chi connectivity index (χ0v) is 9.16. The van der Waals surface area contributed by atoms with E-state index in [9.17, 15) is 0 Å². The summed E-state index contributed by atoms with van der Waals surface area (Å²) < 4.78 is 10.9. The summed E-state index contributed by atoms with van der Waals surface area (Å²) >= 11 is 0. The first-order chi connectivity index (χ1) is 7.36. The standard InChI is InChI=1S/C12H17NO2/c1-8-11(9-4-6-14-7-5-9)12(15-13-8)10-2-3-10/h9-10H,2-7H2,1H3. The second-order valence-corrected chi connectivity index (χ2v) is 4.71. The second-order valence-electron chi connectivity index (χ2n) is 4.71. The van der Waals surface area contributed by atoms with Crippen molar-refractivity contribution < 1.29 is 9.26 Å². The molecule has 0 unspecified atom stereocenters. The van der Waals surface area contributed by atoms with Crippen LogP contribution in [0.5, 0.6) is 0 Å². The lowest BCUT2D eigenvalue weighted by Crippen LogP contribution is -2.15. The Labute approximate surface area is 89.8 Å². The number of aryl methyl sites for hydroxylation is 1. The summed E-state index contributed by atoms with van der Waals surface area (Å²) in [6, 6.07) is 0. The van der Waals surface area contributed by atoms with Crippen LogP contribution in [0.25, 0.3) is 0 Å². The van der Waals surface area contributed by atoms with Crippen LogP contribution >= 0.6 is 0 Å². The minimum absolute atomic E-state index is 0.626. The fourth-order valence-electron chi connectivity index (χ4n) is 2.52. The highest BCUT2D eigenvalue weighted by Crippen LogP contribution is 2.45. The average Bonchev–Trinajstić information content (AvgIpc) is 3.04. The van der Waals surface area contributed by atoms with Crippen LogP contribution in [-0.4, -0.2) is 18.4 Å². The molecule has 2 heterocycles. The Balaban J connectivity index is 1.90. The first-order valence-corrected chi connectivity index (χ1v) is 5.90. The van der Waals surface area contributed by atoms with Crippen molar-refractivity contribution in [3.8, 4) is 0 Å². The molecule has 15 heavy (non-hydrogen) atoms. The molecule has 1 aliphatic heterocycles. The highest BCUT2D eigenvalue weighted by Gasteiger charge is 2.34. The Hall–Kier alpha value is -0.830. The van der Waals surface area contributed by atoms with E-state index in [2.05, 4.69) is 12.1 Å². The van der Waals surface area contributed by atoms with Gasteiger partial charge in [-0.2, -0.15) is 0 Å². The lowest BCUT2D eigenvalue weighted by Gasteiger charge is -2.22. The van der Waals surface area contributed by atoms with Crippen LogP contribution in [0, 0.1) is 6.92 Å². The molecule has 0 radical (unpaired) electrons. The predicted octanol–water partition coefficient (Wildman–Crippen LogP) is 2.75. The van der Waals surface area contributed by atoms with E-state index in [0.717, 1.165) is 31.7 Å². The number of ether oxygens (including phenoxy) is 1. The number of hydrogen-bond donors (Lipinski definition) is 0. The molecule has 3 rings (SSSR count). The highest BCUT2D eigenvalue weighted by atomic mass is 16.5. The first kappa shape index (κ1) is 9.40. The van der Waals surface area contributed by atoms with Gasteiger partial charge in [-0.25, -0.2) is 0 Å². The number of nitrogens with zero attached hydrogens (tertiary/aromatic N) is 1. The summed E-state index contributed by atoms with van der Waals surface area (Å²) in [6.07, 6.45) is 4.82. The van der Waals surface area contributed by atoms with Crippen molar-refractivity contribution in [2.24, 2.45) is 0 Å². The van der Waals surface area contributed by atoms with Crippen molar-refractivity contribution in [2.45, 2.75) is 44.4 Å². The van der Waals surface area contributed by atoms with E-state index in [1.165, 1.54) is 24.2 Å². The van der Waals surface area contributed by atoms with E-state index in [4.69, 9.17) is 9.26 Å². The largest absolute Gasteiger partial charge is 0.381 e. The molecule has 82 valence electrons. The van der Waals surface area contributed by atoms with E-state index in [0.29, 0.717) is 11.8 Å². The van der Waals surface area contributed by atoms with Crippen molar-refractivity contribution in [2.75, 3.05) is 13.2 Å². The molecule has 1 aromatic heterocycles. The van der Waals surface area contributed by atoms with Gasteiger partial charge in [-0.1, -0.05) is 5.16 Å². The Morgan fingerprint density at radius 2 is 1.80 bits per heavy atom. The smallest absolute Gasteiger partial charge is 0.143 e. The molecule has 2 aliphatic rings. The van der Waals surface area contributed by atoms with Crippen LogP contribution in [0.1, 0.15) is 54.5 Å². The zero-order chi connectivity index (χ0) is 10.3. The maximum absolute atomic E-state index is 5.48. The molecule has 1 saturated heterocycles. The van der Waals surface area contributed by atoms with E-state index in [1.54, 1.807) is 0 Å². The van der Waals surface area contributed by atoms with Gasteiger partial charge >= 0.3 is 0 Å². The highest BCUT2D eigenvalue weighted by molar-refractivity contribution is 5.31. The quantitative estimate of drug-likeness (QED) is 0.748. The monoisotopic (exact) mass is 207 g/mol. The number of aromatic nitrogens is 1. The molecule has 0 aromatic carbocycles. The van der Waals surface area contributed by atoms with Crippen molar-refractivity contribution in [1.82, 2.24) is 5.16 Å². The van der Waals surface area contributed by atoms with Crippen LogP contribution in [0.15, 0.2) is 4.52 Å². The van der Waals surface area contributed by atoms with Gasteiger partial charge in [0.05, 0.1) is 5.69 Å². The van der Waals surface area contributed by atoms with Crippen molar-refractivity contribution in [3.05, 3.63) is 17.0 Å². The maximum Gasteiger partial charge on any atom is 0.143 e. The van der Waals surface area contributed by atoms with Crippen LogP contribution < -0.4 is 0 Å². The Bertz CT molecular complexity index is 349. The normalized spacial score (nSPS) is 23.3. The molecule has 0 atom stereocenters. The Morgan fingerprint density at radius 1 is 1.07 bits per heavy atom. The second kappa shape index (κ2) is 3.63. The van der Waals surface area contributed by atoms with Gasteiger partial charge in [-0.05, 0) is 38.5 Å². The van der Waals surface area contributed by atoms with Crippen LogP contribution in [0.4, 0.5) is 0 Å². The van der Waals surface area contributed by atoms with Gasteiger partial charge in [0.2, 0.25) is 0 Å². The van der Waals surface area contributed by atoms with E-state index in [-0.39, 0.29) is 0 Å². The zero-order valence-electron chi connectivity index (χ0n) is 9.16. The minimum Gasteiger partial charge on any atom is -0.381 e. The van der Waals surface area contributed by atoms with Gasteiger partial charge in [-0.3, -0.25) is 0 Å². The molecule has 0 spiro atoms. The van der Waals surface area contributed by atoms with Gasteiger partial charge in [0, 0.05) is 24.7 Å². The third-order valence-corrected chi connectivity index (χ3v) is 3.51. The van der Waals surface area contributed by atoms with Crippen LogP contribution in [-0.2, 0) is 4.74 Å². The topological polar surface area (TPSA) is 35.3 Å². The molecule has 1 aromatic rings. The Kier molecular flexibility index (Phi) is 2.28. The lowest BCUT2D eigenvalue weighted by atomic mass is 9.89. The molecule has 2 fully saturated rings. The van der Waals surface area contributed by atoms with Gasteiger partial charge in [0.25, 0.3) is 0 Å². The van der Waals surface area contributed by atoms with Gasteiger partial charge < -0.3 is 9.26 Å². The van der Waals surface area contributed by atoms with E-state index in [1.807, 2.05) is 0 Å². The summed E-state index contributed by atoms with van der Waals surface area (Å²) in [6.45, 7) is 3.85. The van der Waals surface area contributed by atoms with Crippen LogP contribution in [0.3, 0.4) is 0 Å². The summed E-state index contributed by atoms with van der Waals surface area (Å²) in [4.78, 5) is 0. The van der Waals surface area contributed by atoms with Crippen molar-refractivity contribution in [1.29, 1.82) is 0 Å². The SMILES string of the molecule is Cc1noc(C2CC2)c1C1CCOCC1. The van der Waals surface area contributed by atoms with Crippen molar-refractivity contribution >= 4 is 0 Å². The molecule has 0 N–H and O–H groups in total. The molecule has 0 bridgehead atoms. The summed E-state index contributed by atoms with van der Waals surface area (Å²) in [5, 5.41) is 4.14. The molecule has 0 amide bonds. The van der Waals surface area contributed by atoms with Crippen molar-refractivity contribution in [3.63, 3.8) is 0 Å². The molecule has 1 aliphatic carbocycles. The molecular weight excluding hydrogens is 190 g/mol. The van der Waals surface area contributed by atoms with Gasteiger partial charge in [0.15, 0.2) is 0 Å². The number of rotatable bonds is 2. The number of hydrogen-bond acceptors (Lipinski definition) is 3. The maximum atomic E-state index is 5.48. The fourth-order valence-corrected chi connectivity index (χ4v) is 2.52. The fraction of sp³-hybridized carbons (Fsp3) is 0.750. The third kappa shape index (κ3) is 1.69. The third-order valence-electron chi connectivity index (χ3n) is 3.51. The summed E-state index contributed by atoms with van der Waals surface area (Å²) in [7, 11) is 0. The average molecular weight is 207 g/mol. The minimum atomic E-state index is 0.626. The molecule has 1 saturated carbocycles. The van der Waals surface area contributed by atoms with E-state index < -0.39 is 0 Å². The van der Waals surface area contributed by atoms with Gasteiger partial charge in [-0.15, -0.1) is 0 Å². The summed E-state index contributed by atoms with van der Waals surface area (Å²) in [5.74, 6) is 2.48. The molecule has 3 nitrogen and oxygen atoms in total. The Morgan fingerprint density at radius 3 is 2.47 bits per heavy atom. The summed E-state index contributed by atoms with van der Waals surface area (Å²) in [5.41, 5.74) is 2.50. The molecule has 3 heteroatoms. The van der Waals surface area contributed by atoms with E-state index >= 15 is 0 Å². The predicted molar refractivity (Wildman–Crippen MR) is 56.0 cm³/mol. The lowest BCUT2D eigenvalue weighted by molar-refractivity contribution is 0.0848. The van der Waals surface area contributed by atoms with Gasteiger partial charge in [0.1, 0.15) is 5.76 Å². The molecular formula is C12H17NO2.